The Hall–Kier alpha value is -4.66. The number of carbonyl (C=O) groups excluding carboxylic acids is 2. The van der Waals surface area contributed by atoms with E-state index in [2.05, 4.69) is 10.6 Å². The van der Waals surface area contributed by atoms with Gasteiger partial charge in [-0.3, -0.25) is 9.59 Å². The molecule has 4 N–H and O–H groups in total. The number of carbonyl (C=O) groups is 4. The Balaban J connectivity index is 1.54. The lowest BCUT2D eigenvalue weighted by molar-refractivity contribution is -0.116. The third-order valence-electron chi connectivity index (χ3n) is 5.94. The van der Waals surface area contributed by atoms with E-state index in [1.807, 2.05) is 0 Å². The molecule has 0 aliphatic heterocycles. The van der Waals surface area contributed by atoms with Gasteiger partial charge < -0.3 is 20.8 Å². The number of hydrogen-bond donors (Lipinski definition) is 4. The highest BCUT2D eigenvalue weighted by Gasteiger charge is 2.18. The molecule has 4 rings (SSSR count). The van der Waals surface area contributed by atoms with Crippen molar-refractivity contribution in [3.8, 4) is 11.1 Å². The molecule has 0 bridgehead atoms. The molecular formula is C30H22Cl2N2O6. The van der Waals surface area contributed by atoms with Crippen molar-refractivity contribution in [1.29, 1.82) is 0 Å². The van der Waals surface area contributed by atoms with Gasteiger partial charge in [-0.15, -0.1) is 0 Å². The van der Waals surface area contributed by atoms with E-state index in [0.717, 1.165) is 0 Å². The largest absolute Gasteiger partial charge is 0.478 e. The Morgan fingerprint density at radius 1 is 0.550 bits per heavy atom. The molecule has 0 heterocycles. The van der Waals surface area contributed by atoms with E-state index < -0.39 is 23.8 Å². The number of nitrogens with one attached hydrogen (secondary N) is 2. The summed E-state index contributed by atoms with van der Waals surface area (Å²) < 4.78 is 0. The minimum atomic E-state index is -1.27. The molecule has 0 aliphatic carbocycles. The van der Waals surface area contributed by atoms with Crippen LogP contribution in [0.3, 0.4) is 0 Å². The average molecular weight is 577 g/mol. The van der Waals surface area contributed by atoms with Crippen molar-refractivity contribution in [3.63, 3.8) is 0 Å². The molecule has 0 spiro atoms. The van der Waals surface area contributed by atoms with Gasteiger partial charge in [0.15, 0.2) is 0 Å². The summed E-state index contributed by atoms with van der Waals surface area (Å²) in [6.45, 7) is 0. The first-order valence-corrected chi connectivity index (χ1v) is 12.7. The molecule has 40 heavy (non-hydrogen) atoms. The second-order valence-corrected chi connectivity index (χ2v) is 9.71. The van der Waals surface area contributed by atoms with Crippen LogP contribution >= 0.6 is 23.2 Å². The van der Waals surface area contributed by atoms with E-state index in [0.29, 0.717) is 32.3 Å². The predicted molar refractivity (Wildman–Crippen MR) is 153 cm³/mol. The van der Waals surface area contributed by atoms with E-state index in [1.54, 1.807) is 60.7 Å². The van der Waals surface area contributed by atoms with Crippen LogP contribution in [0.25, 0.3) is 11.1 Å². The SMILES string of the molecule is O=C(Cc1ccc(Cl)cc1)Nc1ccc(-c2ccc(NC(=O)Cc3ccc(Cl)cc3)c(C(=O)O)c2)cc1C(=O)O. The molecule has 4 aromatic carbocycles. The zero-order valence-electron chi connectivity index (χ0n) is 20.8. The molecule has 202 valence electrons. The monoisotopic (exact) mass is 576 g/mol. The molecule has 8 nitrogen and oxygen atoms in total. The zero-order chi connectivity index (χ0) is 28.8. The van der Waals surface area contributed by atoms with Gasteiger partial charge in [0.2, 0.25) is 11.8 Å². The van der Waals surface area contributed by atoms with Gasteiger partial charge in [-0.1, -0.05) is 59.6 Å². The summed E-state index contributed by atoms with van der Waals surface area (Å²) in [5, 5.41) is 25.9. The lowest BCUT2D eigenvalue weighted by Gasteiger charge is -2.13. The number of carboxylic acids is 2. The summed E-state index contributed by atoms with van der Waals surface area (Å²) in [6, 6.07) is 22.2. The lowest BCUT2D eigenvalue weighted by atomic mass is 9.98. The maximum absolute atomic E-state index is 12.5. The van der Waals surface area contributed by atoms with Crippen molar-refractivity contribution >= 4 is 58.3 Å². The third kappa shape index (κ3) is 7.25. The van der Waals surface area contributed by atoms with Gasteiger partial charge in [-0.25, -0.2) is 9.59 Å². The van der Waals surface area contributed by atoms with E-state index in [-0.39, 0.29) is 35.3 Å². The van der Waals surface area contributed by atoms with Crippen LogP contribution in [0.15, 0.2) is 84.9 Å². The number of amides is 2. The van der Waals surface area contributed by atoms with Crippen molar-refractivity contribution < 1.29 is 29.4 Å². The molecule has 0 fully saturated rings. The summed E-state index contributed by atoms with van der Waals surface area (Å²) in [7, 11) is 0. The van der Waals surface area contributed by atoms with E-state index in [4.69, 9.17) is 23.2 Å². The molecule has 0 aromatic heterocycles. The number of hydrogen-bond acceptors (Lipinski definition) is 4. The van der Waals surface area contributed by atoms with Crippen molar-refractivity contribution in [2.75, 3.05) is 10.6 Å². The van der Waals surface area contributed by atoms with E-state index >= 15 is 0 Å². The van der Waals surface area contributed by atoms with Crippen LogP contribution in [-0.4, -0.2) is 34.0 Å². The van der Waals surface area contributed by atoms with Crippen LogP contribution in [-0.2, 0) is 22.4 Å². The maximum Gasteiger partial charge on any atom is 0.337 e. The topological polar surface area (TPSA) is 133 Å². The van der Waals surface area contributed by atoms with Gasteiger partial charge in [0.05, 0.1) is 35.3 Å². The van der Waals surface area contributed by atoms with Crippen LogP contribution < -0.4 is 10.6 Å². The van der Waals surface area contributed by atoms with Gasteiger partial charge >= 0.3 is 11.9 Å². The van der Waals surface area contributed by atoms with Crippen molar-refractivity contribution in [2.24, 2.45) is 0 Å². The number of halogens is 2. The summed E-state index contributed by atoms with van der Waals surface area (Å²) in [4.78, 5) is 49.0. The second kappa shape index (κ2) is 12.5. The van der Waals surface area contributed by atoms with Crippen LogP contribution in [0.1, 0.15) is 31.8 Å². The minimum absolute atomic E-state index is 0.0190. The van der Waals surface area contributed by atoms with Crippen molar-refractivity contribution in [3.05, 3.63) is 117 Å². The number of benzene rings is 4. The number of rotatable bonds is 9. The number of carboxylic acid groups (broad SMARTS) is 2. The van der Waals surface area contributed by atoms with Crippen LogP contribution in [0, 0.1) is 0 Å². The second-order valence-electron chi connectivity index (χ2n) is 8.83. The number of aromatic carboxylic acids is 2. The highest BCUT2D eigenvalue weighted by Crippen LogP contribution is 2.29. The molecule has 0 unspecified atom stereocenters. The third-order valence-corrected chi connectivity index (χ3v) is 6.44. The average Bonchev–Trinajstić information content (AvgIpc) is 2.91. The Morgan fingerprint density at radius 3 is 1.23 bits per heavy atom. The highest BCUT2D eigenvalue weighted by molar-refractivity contribution is 6.30. The molecular weight excluding hydrogens is 555 g/mol. The van der Waals surface area contributed by atoms with Crippen LogP contribution in [0.2, 0.25) is 10.0 Å². The van der Waals surface area contributed by atoms with Gasteiger partial charge in [0, 0.05) is 10.0 Å². The smallest absolute Gasteiger partial charge is 0.337 e. The van der Waals surface area contributed by atoms with Gasteiger partial charge in [-0.2, -0.15) is 0 Å². The molecule has 10 heteroatoms. The first-order chi connectivity index (χ1) is 19.1. The summed E-state index contributed by atoms with van der Waals surface area (Å²) in [5.41, 5.74) is 2.09. The molecule has 0 radical (unpaired) electrons. The molecule has 0 saturated carbocycles. The van der Waals surface area contributed by atoms with E-state index in [1.165, 1.54) is 24.3 Å². The summed E-state index contributed by atoms with van der Waals surface area (Å²) in [6.07, 6.45) is 0.0380. The fourth-order valence-electron chi connectivity index (χ4n) is 3.98. The summed E-state index contributed by atoms with van der Waals surface area (Å²) in [5.74, 6) is -3.37. The Labute approximate surface area is 239 Å². The molecule has 4 aromatic rings. The Bertz CT molecular complexity index is 1480. The molecule has 2 amide bonds. The Kier molecular flexibility index (Phi) is 8.83. The molecule has 0 saturated heterocycles. The highest BCUT2D eigenvalue weighted by atomic mass is 35.5. The van der Waals surface area contributed by atoms with Gasteiger partial charge in [-0.05, 0) is 70.8 Å². The predicted octanol–water partition coefficient (Wildman–Crippen LogP) is 6.42. The van der Waals surface area contributed by atoms with Gasteiger partial charge in [0.1, 0.15) is 0 Å². The maximum atomic E-state index is 12.5. The zero-order valence-corrected chi connectivity index (χ0v) is 22.3. The minimum Gasteiger partial charge on any atom is -0.478 e. The van der Waals surface area contributed by atoms with Gasteiger partial charge in [0.25, 0.3) is 0 Å². The van der Waals surface area contributed by atoms with Crippen molar-refractivity contribution in [2.45, 2.75) is 12.8 Å². The fraction of sp³-hybridized carbons (Fsp3) is 0.0667. The standard InChI is InChI=1S/C30H22Cl2N2O6/c31-21-7-1-17(2-8-21)13-27(35)33-25-11-5-19(15-23(25)29(37)38)20-6-12-26(24(16-20)30(39)40)34-28(36)14-18-3-9-22(32)10-4-18/h1-12,15-16H,13-14H2,(H,33,35)(H,34,36)(H,37,38)(H,39,40). The molecule has 0 aliphatic rings. The van der Waals surface area contributed by atoms with Crippen molar-refractivity contribution in [1.82, 2.24) is 0 Å². The van der Waals surface area contributed by atoms with Crippen LogP contribution in [0.5, 0.6) is 0 Å². The quantitative estimate of drug-likeness (QED) is 0.182. The normalized spacial score (nSPS) is 10.6. The number of anilines is 2. The molecule has 0 atom stereocenters. The first kappa shape index (κ1) is 28.4. The Morgan fingerprint density at radius 2 is 0.900 bits per heavy atom. The van der Waals surface area contributed by atoms with Crippen LogP contribution in [0.4, 0.5) is 11.4 Å². The first-order valence-electron chi connectivity index (χ1n) is 11.9. The lowest BCUT2D eigenvalue weighted by Crippen LogP contribution is -2.17. The summed E-state index contributed by atoms with van der Waals surface area (Å²) >= 11 is 11.7. The van der Waals surface area contributed by atoms with E-state index in [9.17, 15) is 29.4 Å². The fourth-order valence-corrected chi connectivity index (χ4v) is 4.24.